The van der Waals surface area contributed by atoms with Gasteiger partial charge in [0.05, 0.1) is 36.1 Å². The zero-order chi connectivity index (χ0) is 25.0. The second-order valence-electron chi connectivity index (χ2n) is 8.59. The number of hydrogen-bond donors (Lipinski definition) is 1. The van der Waals surface area contributed by atoms with E-state index in [2.05, 4.69) is 5.32 Å². The highest BCUT2D eigenvalue weighted by molar-refractivity contribution is 7.88. The number of nitrogens with zero attached hydrogens (tertiary/aromatic N) is 2. The summed E-state index contributed by atoms with van der Waals surface area (Å²) in [6, 6.07) is 11.7. The van der Waals surface area contributed by atoms with Gasteiger partial charge in [0.1, 0.15) is 0 Å². The van der Waals surface area contributed by atoms with Crippen LogP contribution < -0.4 is 5.32 Å². The number of anilines is 1. The van der Waals surface area contributed by atoms with Crippen molar-refractivity contribution in [2.45, 2.75) is 18.6 Å². The van der Waals surface area contributed by atoms with E-state index in [0.717, 1.165) is 0 Å². The lowest BCUT2D eigenvalue weighted by Gasteiger charge is -2.32. The number of halogens is 2. The van der Waals surface area contributed by atoms with Crippen molar-refractivity contribution in [2.75, 3.05) is 44.7 Å². The van der Waals surface area contributed by atoms with Gasteiger partial charge in [0.2, 0.25) is 15.9 Å². The number of para-hydroxylation sites is 1. The molecule has 8 nitrogen and oxygen atoms in total. The molecule has 2 amide bonds. The van der Waals surface area contributed by atoms with Crippen LogP contribution in [-0.4, -0.2) is 68.8 Å². The van der Waals surface area contributed by atoms with Crippen molar-refractivity contribution in [3.05, 3.63) is 63.6 Å². The zero-order valence-electron chi connectivity index (χ0n) is 19.1. The third-order valence-electron chi connectivity index (χ3n) is 6.25. The molecule has 1 atom stereocenters. The van der Waals surface area contributed by atoms with Gasteiger partial charge in [-0.05, 0) is 37.1 Å². The molecule has 2 fully saturated rings. The summed E-state index contributed by atoms with van der Waals surface area (Å²) in [4.78, 5) is 27.8. The van der Waals surface area contributed by atoms with Gasteiger partial charge >= 0.3 is 0 Å². The molecule has 188 valence electrons. The SMILES string of the molecule is O=C(Nc1ccccc1C(=O)N1CCOCC1)[C@H]1CCCN(S(=O)(=O)Cc2c(Cl)cccc2Cl)C1. The van der Waals surface area contributed by atoms with Crippen molar-refractivity contribution in [1.29, 1.82) is 0 Å². The van der Waals surface area contributed by atoms with Crippen LogP contribution in [-0.2, 0) is 25.3 Å². The van der Waals surface area contributed by atoms with Gasteiger partial charge in [-0.3, -0.25) is 9.59 Å². The fourth-order valence-corrected chi connectivity index (χ4v) is 6.67. The van der Waals surface area contributed by atoms with Crippen LogP contribution in [0.15, 0.2) is 42.5 Å². The number of morpholine rings is 1. The van der Waals surface area contributed by atoms with Crippen molar-refractivity contribution >= 4 is 50.7 Å². The highest BCUT2D eigenvalue weighted by Gasteiger charge is 2.33. The average molecular weight is 540 g/mol. The van der Waals surface area contributed by atoms with Crippen LogP contribution in [0.5, 0.6) is 0 Å². The van der Waals surface area contributed by atoms with E-state index in [9.17, 15) is 18.0 Å². The summed E-state index contributed by atoms with van der Waals surface area (Å²) in [6.45, 7) is 2.31. The van der Waals surface area contributed by atoms with E-state index < -0.39 is 15.9 Å². The summed E-state index contributed by atoms with van der Waals surface area (Å²) >= 11 is 12.3. The lowest BCUT2D eigenvalue weighted by Crippen LogP contribution is -2.44. The van der Waals surface area contributed by atoms with E-state index in [-0.39, 0.29) is 34.2 Å². The highest BCUT2D eigenvalue weighted by atomic mass is 35.5. The Kier molecular flexibility index (Phi) is 8.34. The quantitative estimate of drug-likeness (QED) is 0.604. The summed E-state index contributed by atoms with van der Waals surface area (Å²) in [7, 11) is -3.74. The van der Waals surface area contributed by atoms with Gasteiger partial charge < -0.3 is 15.0 Å². The summed E-state index contributed by atoms with van der Waals surface area (Å²) in [6.07, 6.45) is 1.09. The predicted octanol–water partition coefficient (Wildman–Crippen LogP) is 3.65. The number of amides is 2. The van der Waals surface area contributed by atoms with Crippen molar-refractivity contribution in [2.24, 2.45) is 5.92 Å². The Balaban J connectivity index is 1.45. The second-order valence-corrected chi connectivity index (χ2v) is 11.4. The molecule has 0 bridgehead atoms. The van der Waals surface area contributed by atoms with Crippen molar-refractivity contribution in [3.63, 3.8) is 0 Å². The monoisotopic (exact) mass is 539 g/mol. The average Bonchev–Trinajstić information content (AvgIpc) is 2.87. The Morgan fingerprint density at radius 1 is 1.00 bits per heavy atom. The predicted molar refractivity (Wildman–Crippen MR) is 135 cm³/mol. The van der Waals surface area contributed by atoms with E-state index in [1.54, 1.807) is 47.4 Å². The molecular formula is C24H27Cl2N3O5S. The van der Waals surface area contributed by atoms with Crippen molar-refractivity contribution in [3.8, 4) is 0 Å². The standard InChI is InChI=1S/C24H27Cl2N3O5S/c25-20-7-3-8-21(26)19(20)16-35(32,33)29-10-4-5-17(15-29)23(30)27-22-9-2-1-6-18(22)24(31)28-11-13-34-14-12-28/h1-3,6-9,17H,4-5,10-16H2,(H,27,30)/t17-/m0/s1. The van der Waals surface area contributed by atoms with Crippen LogP contribution in [0, 0.1) is 5.92 Å². The smallest absolute Gasteiger partial charge is 0.256 e. The minimum absolute atomic E-state index is 0.0514. The number of hydrogen-bond acceptors (Lipinski definition) is 5. The molecule has 4 rings (SSSR count). The van der Waals surface area contributed by atoms with Gasteiger partial charge in [0.15, 0.2) is 0 Å². The lowest BCUT2D eigenvalue weighted by atomic mass is 9.98. The Bertz CT molecular complexity index is 1180. The Morgan fingerprint density at radius 3 is 2.40 bits per heavy atom. The van der Waals surface area contributed by atoms with Gasteiger partial charge in [-0.2, -0.15) is 0 Å². The number of rotatable bonds is 6. The van der Waals surface area contributed by atoms with E-state index >= 15 is 0 Å². The van der Waals surface area contributed by atoms with Crippen LogP contribution in [0.3, 0.4) is 0 Å². The van der Waals surface area contributed by atoms with Crippen LogP contribution in [0.25, 0.3) is 0 Å². The fourth-order valence-electron chi connectivity index (χ4n) is 4.30. The first-order chi connectivity index (χ1) is 16.8. The second kappa shape index (κ2) is 11.3. The number of carbonyl (C=O) groups is 2. The molecule has 2 aliphatic heterocycles. The molecule has 0 aliphatic carbocycles. The number of nitrogens with one attached hydrogen (secondary N) is 1. The van der Waals surface area contributed by atoms with Crippen LogP contribution in [0.4, 0.5) is 5.69 Å². The topological polar surface area (TPSA) is 96.0 Å². The number of sulfonamides is 1. The van der Waals surface area contributed by atoms with E-state index in [4.69, 9.17) is 27.9 Å². The molecule has 35 heavy (non-hydrogen) atoms. The molecule has 0 radical (unpaired) electrons. The molecule has 2 aliphatic rings. The maximum absolute atomic E-state index is 13.1. The Morgan fingerprint density at radius 2 is 1.69 bits per heavy atom. The normalized spacial score (nSPS) is 19.4. The molecule has 2 heterocycles. The fraction of sp³-hybridized carbons (Fsp3) is 0.417. The molecule has 0 aromatic heterocycles. The zero-order valence-corrected chi connectivity index (χ0v) is 21.4. The largest absolute Gasteiger partial charge is 0.378 e. The molecule has 0 saturated carbocycles. The summed E-state index contributed by atoms with van der Waals surface area (Å²) in [5, 5.41) is 3.43. The first-order valence-electron chi connectivity index (χ1n) is 11.4. The molecule has 2 saturated heterocycles. The third kappa shape index (κ3) is 6.16. The minimum Gasteiger partial charge on any atom is -0.378 e. The van der Waals surface area contributed by atoms with Crippen LogP contribution in [0.1, 0.15) is 28.8 Å². The molecule has 2 aromatic carbocycles. The first kappa shape index (κ1) is 25.9. The van der Waals surface area contributed by atoms with E-state index in [1.807, 2.05) is 0 Å². The van der Waals surface area contributed by atoms with Crippen LogP contribution in [0.2, 0.25) is 10.0 Å². The molecule has 0 unspecified atom stereocenters. The molecule has 2 aromatic rings. The number of carbonyl (C=O) groups excluding carboxylic acids is 2. The van der Waals surface area contributed by atoms with Crippen molar-refractivity contribution < 1.29 is 22.7 Å². The van der Waals surface area contributed by atoms with Gasteiger partial charge in [0, 0.05) is 41.8 Å². The first-order valence-corrected chi connectivity index (χ1v) is 13.8. The summed E-state index contributed by atoms with van der Waals surface area (Å²) in [5.74, 6) is -1.38. The van der Waals surface area contributed by atoms with E-state index in [0.29, 0.717) is 62.5 Å². The number of piperidine rings is 1. The highest BCUT2D eigenvalue weighted by Crippen LogP contribution is 2.29. The van der Waals surface area contributed by atoms with Crippen LogP contribution >= 0.6 is 23.2 Å². The van der Waals surface area contributed by atoms with E-state index in [1.165, 1.54) is 4.31 Å². The van der Waals surface area contributed by atoms with Gasteiger partial charge in [-0.15, -0.1) is 0 Å². The minimum atomic E-state index is -3.74. The molecule has 0 spiro atoms. The van der Waals surface area contributed by atoms with Gasteiger partial charge in [0.25, 0.3) is 5.91 Å². The van der Waals surface area contributed by atoms with Gasteiger partial charge in [-0.25, -0.2) is 12.7 Å². The maximum Gasteiger partial charge on any atom is 0.256 e. The molecule has 11 heteroatoms. The Hall–Kier alpha value is -2.17. The summed E-state index contributed by atoms with van der Waals surface area (Å²) in [5.41, 5.74) is 1.16. The molecule has 1 N–H and O–H groups in total. The molecular weight excluding hydrogens is 513 g/mol. The maximum atomic E-state index is 13.1. The van der Waals surface area contributed by atoms with Crippen molar-refractivity contribution in [1.82, 2.24) is 9.21 Å². The summed E-state index contributed by atoms with van der Waals surface area (Å²) < 4.78 is 32.9. The number of ether oxygens (including phenoxy) is 1. The lowest BCUT2D eigenvalue weighted by molar-refractivity contribution is -0.120. The number of benzene rings is 2. The van der Waals surface area contributed by atoms with Gasteiger partial charge in [-0.1, -0.05) is 41.4 Å². The third-order valence-corrected chi connectivity index (χ3v) is 8.73. The Labute approximate surface area is 215 Å².